The Labute approximate surface area is 155 Å². The van der Waals surface area contributed by atoms with Gasteiger partial charge in [-0.05, 0) is 60.0 Å². The van der Waals surface area contributed by atoms with Crippen molar-refractivity contribution in [2.45, 2.75) is 58.2 Å². The summed E-state index contributed by atoms with van der Waals surface area (Å²) < 4.78 is 5.82. The second kappa shape index (κ2) is 6.07. The largest absolute Gasteiger partial charge is 0.481 e. The zero-order valence-corrected chi connectivity index (χ0v) is 15.9. The first kappa shape index (κ1) is 18.0. The molecule has 2 fully saturated rings. The second-order valence-electron chi connectivity index (χ2n) is 9.09. The van der Waals surface area contributed by atoms with Crippen molar-refractivity contribution in [1.82, 2.24) is 0 Å². The Bertz CT molecular complexity index is 705. The third-order valence-electron chi connectivity index (χ3n) is 8.04. The SMILES string of the molecule is CO[C@@H]1CC[C@H]2[C@@H]3C=CC4=C(CC(=O)O)C(O)C=C[C@]4(C)[C@H]3CC[C@]12C. The highest BCUT2D eigenvalue weighted by atomic mass is 16.5. The summed E-state index contributed by atoms with van der Waals surface area (Å²) in [5, 5.41) is 19.7. The molecule has 4 aliphatic carbocycles. The molecule has 1 unspecified atom stereocenters. The highest BCUT2D eigenvalue weighted by molar-refractivity contribution is 5.72. The molecule has 0 aromatic rings. The number of hydrogen-bond donors (Lipinski definition) is 2. The molecule has 0 saturated heterocycles. The van der Waals surface area contributed by atoms with Crippen LogP contribution in [0.25, 0.3) is 0 Å². The first-order valence-electron chi connectivity index (χ1n) is 9.85. The summed E-state index contributed by atoms with van der Waals surface area (Å²) in [6.45, 7) is 4.63. The molecule has 0 amide bonds. The molecule has 0 aromatic heterocycles. The van der Waals surface area contributed by atoms with Gasteiger partial charge >= 0.3 is 5.97 Å². The molecule has 0 spiro atoms. The lowest BCUT2D eigenvalue weighted by atomic mass is 9.49. The molecule has 26 heavy (non-hydrogen) atoms. The van der Waals surface area contributed by atoms with Crippen LogP contribution in [-0.2, 0) is 9.53 Å². The lowest BCUT2D eigenvalue weighted by Gasteiger charge is -2.55. The lowest BCUT2D eigenvalue weighted by Crippen LogP contribution is -2.49. The van der Waals surface area contributed by atoms with Crippen LogP contribution in [-0.4, -0.2) is 35.5 Å². The molecule has 2 N–H and O–H groups in total. The number of carboxylic acid groups (broad SMARTS) is 1. The van der Waals surface area contributed by atoms with E-state index >= 15 is 0 Å². The van der Waals surface area contributed by atoms with E-state index in [0.717, 1.165) is 24.8 Å². The highest BCUT2D eigenvalue weighted by Crippen LogP contribution is 2.63. The van der Waals surface area contributed by atoms with Crippen molar-refractivity contribution in [3.8, 4) is 0 Å². The molecule has 7 atom stereocenters. The van der Waals surface area contributed by atoms with E-state index < -0.39 is 12.1 Å². The van der Waals surface area contributed by atoms with Gasteiger partial charge in [-0.15, -0.1) is 0 Å². The van der Waals surface area contributed by atoms with Gasteiger partial charge in [0.25, 0.3) is 0 Å². The number of aliphatic carboxylic acids is 1. The normalized spacial score (nSPS) is 46.7. The number of rotatable bonds is 3. The number of fused-ring (bicyclic) bond motifs is 5. The number of carbonyl (C=O) groups is 1. The van der Waals surface area contributed by atoms with E-state index in [4.69, 9.17) is 4.74 Å². The highest BCUT2D eigenvalue weighted by Gasteiger charge is 2.58. The van der Waals surface area contributed by atoms with Gasteiger partial charge in [0, 0.05) is 12.5 Å². The molecule has 4 aliphatic rings. The molecule has 0 heterocycles. The standard InChI is InChI=1S/C22H30O4/c1-21-11-9-18(23)14(12-20(24)25)16(21)5-4-13-15-6-7-19(26-3)22(15,2)10-8-17(13)21/h4-5,9,11,13,15,17-19,23H,6-8,10,12H2,1-3H3,(H,24,25)/t13-,15-,17-,18?,19+,21-,22-/m0/s1. The quantitative estimate of drug-likeness (QED) is 0.755. The molecule has 4 nitrogen and oxygen atoms in total. The number of aliphatic hydroxyl groups excluding tert-OH is 1. The summed E-state index contributed by atoms with van der Waals surface area (Å²) >= 11 is 0. The Morgan fingerprint density at radius 1 is 1.23 bits per heavy atom. The van der Waals surface area contributed by atoms with Crippen LogP contribution in [0.4, 0.5) is 0 Å². The molecule has 142 valence electrons. The van der Waals surface area contributed by atoms with Crippen LogP contribution in [0.15, 0.2) is 35.5 Å². The van der Waals surface area contributed by atoms with Crippen molar-refractivity contribution in [2.24, 2.45) is 28.6 Å². The number of allylic oxidation sites excluding steroid dienone is 4. The topological polar surface area (TPSA) is 66.8 Å². The Kier molecular flexibility index (Phi) is 4.20. The van der Waals surface area contributed by atoms with Crippen molar-refractivity contribution in [3.05, 3.63) is 35.5 Å². The average molecular weight is 358 g/mol. The smallest absolute Gasteiger partial charge is 0.307 e. The minimum atomic E-state index is -0.880. The maximum absolute atomic E-state index is 11.3. The van der Waals surface area contributed by atoms with Gasteiger partial charge in [0.05, 0.1) is 18.6 Å². The van der Waals surface area contributed by atoms with Crippen LogP contribution < -0.4 is 0 Å². The molecule has 0 radical (unpaired) electrons. The monoisotopic (exact) mass is 358 g/mol. The van der Waals surface area contributed by atoms with Gasteiger partial charge < -0.3 is 14.9 Å². The van der Waals surface area contributed by atoms with Crippen molar-refractivity contribution >= 4 is 5.97 Å². The summed E-state index contributed by atoms with van der Waals surface area (Å²) in [6, 6.07) is 0. The lowest BCUT2D eigenvalue weighted by molar-refractivity contribution is -0.136. The first-order valence-corrected chi connectivity index (χ1v) is 9.85. The van der Waals surface area contributed by atoms with Crippen molar-refractivity contribution in [1.29, 1.82) is 0 Å². The number of carboxylic acids is 1. The average Bonchev–Trinajstić information content (AvgIpc) is 2.94. The van der Waals surface area contributed by atoms with E-state index in [-0.39, 0.29) is 17.3 Å². The van der Waals surface area contributed by atoms with Gasteiger partial charge in [-0.1, -0.05) is 38.2 Å². The fourth-order valence-corrected chi connectivity index (χ4v) is 6.68. The summed E-state index contributed by atoms with van der Waals surface area (Å²) in [5.74, 6) is 0.691. The molecule has 0 bridgehead atoms. The predicted octanol–water partition coefficient (Wildman–Crippen LogP) is 3.72. The number of ether oxygens (including phenoxy) is 1. The molecule has 4 rings (SSSR count). The minimum Gasteiger partial charge on any atom is -0.481 e. The Hall–Kier alpha value is -1.39. The maximum atomic E-state index is 11.3. The van der Waals surface area contributed by atoms with Crippen LogP contribution in [0.2, 0.25) is 0 Å². The van der Waals surface area contributed by atoms with Crippen LogP contribution in [0, 0.1) is 28.6 Å². The number of hydrogen-bond acceptors (Lipinski definition) is 3. The predicted molar refractivity (Wildman–Crippen MR) is 99.5 cm³/mol. The van der Waals surface area contributed by atoms with Crippen LogP contribution in [0.1, 0.15) is 46.0 Å². The fraction of sp³-hybridized carbons (Fsp3) is 0.682. The minimum absolute atomic E-state index is 0.0922. The van der Waals surface area contributed by atoms with Gasteiger partial charge in [0.15, 0.2) is 0 Å². The van der Waals surface area contributed by atoms with E-state index in [9.17, 15) is 15.0 Å². The Morgan fingerprint density at radius 2 is 2.00 bits per heavy atom. The van der Waals surface area contributed by atoms with E-state index in [2.05, 4.69) is 32.1 Å². The zero-order chi connectivity index (χ0) is 18.7. The zero-order valence-electron chi connectivity index (χ0n) is 15.9. The summed E-state index contributed by atoms with van der Waals surface area (Å²) in [4.78, 5) is 11.3. The van der Waals surface area contributed by atoms with Gasteiger partial charge in [0.1, 0.15) is 0 Å². The summed E-state index contributed by atoms with van der Waals surface area (Å²) in [5.41, 5.74) is 1.74. The molecular formula is C22H30O4. The second-order valence-corrected chi connectivity index (χ2v) is 9.09. The molecule has 0 aromatic carbocycles. The fourth-order valence-electron chi connectivity index (χ4n) is 6.68. The molecule has 2 saturated carbocycles. The summed E-state index contributed by atoms with van der Waals surface area (Å²) in [6.07, 6.45) is 12.5. The van der Waals surface area contributed by atoms with Gasteiger partial charge in [-0.2, -0.15) is 0 Å². The van der Waals surface area contributed by atoms with Crippen LogP contribution >= 0.6 is 0 Å². The maximum Gasteiger partial charge on any atom is 0.307 e. The van der Waals surface area contributed by atoms with Crippen LogP contribution in [0.5, 0.6) is 0 Å². The summed E-state index contributed by atoms with van der Waals surface area (Å²) in [7, 11) is 1.84. The molecule has 0 aliphatic heterocycles. The van der Waals surface area contributed by atoms with E-state index in [0.29, 0.717) is 29.4 Å². The Morgan fingerprint density at radius 3 is 2.69 bits per heavy atom. The molecular weight excluding hydrogens is 328 g/mol. The number of aliphatic hydroxyl groups is 1. The molecule has 4 heteroatoms. The first-order chi connectivity index (χ1) is 12.3. The van der Waals surface area contributed by atoms with Crippen molar-refractivity contribution in [2.75, 3.05) is 7.11 Å². The van der Waals surface area contributed by atoms with E-state index in [1.165, 1.54) is 6.42 Å². The van der Waals surface area contributed by atoms with Crippen molar-refractivity contribution in [3.63, 3.8) is 0 Å². The third-order valence-corrected chi connectivity index (χ3v) is 8.04. The van der Waals surface area contributed by atoms with E-state index in [1.807, 2.05) is 7.11 Å². The van der Waals surface area contributed by atoms with Gasteiger partial charge in [-0.25, -0.2) is 0 Å². The number of methoxy groups -OCH3 is 1. The van der Waals surface area contributed by atoms with E-state index in [1.54, 1.807) is 6.08 Å². The third kappa shape index (κ3) is 2.38. The van der Waals surface area contributed by atoms with Crippen molar-refractivity contribution < 1.29 is 19.7 Å². The van der Waals surface area contributed by atoms with Gasteiger partial charge in [-0.3, -0.25) is 4.79 Å². The van der Waals surface area contributed by atoms with Crippen LogP contribution in [0.3, 0.4) is 0 Å². The Balaban J connectivity index is 1.76. The van der Waals surface area contributed by atoms with Gasteiger partial charge in [0.2, 0.25) is 0 Å².